The van der Waals surface area contributed by atoms with Crippen LogP contribution in [0.4, 0.5) is 0 Å². The number of aliphatic hydroxyl groups is 1. The summed E-state index contributed by atoms with van der Waals surface area (Å²) in [5, 5.41) is 10.3. The Morgan fingerprint density at radius 1 is 1.18 bits per heavy atom. The molecule has 0 radical (unpaired) electrons. The summed E-state index contributed by atoms with van der Waals surface area (Å²) < 4.78 is 5.83. The molecule has 1 aromatic carbocycles. The molecular weight excluding hydrogens is 214 g/mol. The summed E-state index contributed by atoms with van der Waals surface area (Å²) in [5.41, 5.74) is 1.22. The first-order valence-corrected chi connectivity index (χ1v) is 6.51. The van der Waals surface area contributed by atoms with Crippen LogP contribution in [0.5, 0.6) is 5.75 Å². The van der Waals surface area contributed by atoms with E-state index in [-0.39, 0.29) is 6.10 Å². The molecule has 3 heteroatoms. The molecule has 0 spiro atoms. The van der Waals surface area contributed by atoms with Crippen molar-refractivity contribution in [3.8, 4) is 5.75 Å². The zero-order valence-corrected chi connectivity index (χ0v) is 10.0. The molecule has 2 aliphatic heterocycles. The van der Waals surface area contributed by atoms with E-state index in [4.69, 9.17) is 4.74 Å². The Bertz CT molecular complexity index is 363. The number of piperidine rings is 1. The lowest BCUT2D eigenvalue weighted by molar-refractivity contribution is -0.0721. The molecule has 0 bridgehead atoms. The highest BCUT2D eigenvalue weighted by molar-refractivity contribution is 5.37. The van der Waals surface area contributed by atoms with E-state index in [0.717, 1.165) is 25.3 Å². The Morgan fingerprint density at radius 3 is 2.71 bits per heavy atom. The van der Waals surface area contributed by atoms with E-state index in [1.807, 2.05) is 18.2 Å². The van der Waals surface area contributed by atoms with E-state index < -0.39 is 6.23 Å². The number of para-hydroxylation sites is 1. The van der Waals surface area contributed by atoms with E-state index in [9.17, 15) is 5.11 Å². The van der Waals surface area contributed by atoms with Gasteiger partial charge in [0.2, 0.25) is 0 Å². The fourth-order valence-electron chi connectivity index (χ4n) is 2.79. The second-order valence-corrected chi connectivity index (χ2v) is 4.98. The lowest BCUT2D eigenvalue weighted by atomic mass is 10.1. The fraction of sp³-hybridized carbons (Fsp3) is 0.571. The van der Waals surface area contributed by atoms with E-state index >= 15 is 0 Å². The molecule has 3 rings (SSSR count). The number of likely N-dealkylation sites (tertiary alicyclic amines) is 1. The van der Waals surface area contributed by atoms with E-state index in [0.29, 0.717) is 0 Å². The molecular formula is C14H19NO2. The topological polar surface area (TPSA) is 32.7 Å². The summed E-state index contributed by atoms with van der Waals surface area (Å²) in [4.78, 5) is 2.15. The SMILES string of the molecule is OC(C1Cc2ccccc2O1)N1CCCCC1. The van der Waals surface area contributed by atoms with Crippen molar-refractivity contribution in [2.24, 2.45) is 0 Å². The number of fused-ring (bicyclic) bond motifs is 1. The van der Waals surface area contributed by atoms with Gasteiger partial charge in [-0.25, -0.2) is 0 Å². The minimum absolute atomic E-state index is 0.0921. The maximum Gasteiger partial charge on any atom is 0.145 e. The van der Waals surface area contributed by atoms with E-state index in [1.54, 1.807) is 0 Å². The summed E-state index contributed by atoms with van der Waals surface area (Å²) in [6.45, 7) is 1.99. The van der Waals surface area contributed by atoms with Gasteiger partial charge in [0.15, 0.2) is 0 Å². The number of ether oxygens (including phenoxy) is 1. The molecule has 0 saturated carbocycles. The molecule has 0 aliphatic carbocycles. The molecule has 0 aromatic heterocycles. The standard InChI is InChI=1S/C14H19NO2/c16-14(15-8-4-1-5-9-15)13-10-11-6-2-3-7-12(11)17-13/h2-3,6-7,13-14,16H,1,4-5,8-10H2. The highest BCUT2D eigenvalue weighted by Gasteiger charge is 2.33. The fourth-order valence-corrected chi connectivity index (χ4v) is 2.79. The molecule has 1 fully saturated rings. The predicted molar refractivity (Wildman–Crippen MR) is 66.0 cm³/mol. The summed E-state index contributed by atoms with van der Waals surface area (Å²) in [5.74, 6) is 0.938. The van der Waals surface area contributed by atoms with Crippen LogP contribution >= 0.6 is 0 Å². The van der Waals surface area contributed by atoms with Crippen LogP contribution in [0.3, 0.4) is 0 Å². The molecule has 1 saturated heterocycles. The van der Waals surface area contributed by atoms with E-state index in [2.05, 4.69) is 11.0 Å². The third-order valence-electron chi connectivity index (χ3n) is 3.77. The normalized spacial score (nSPS) is 26.3. The van der Waals surface area contributed by atoms with Crippen LogP contribution in [-0.4, -0.2) is 35.4 Å². The number of hydrogen-bond donors (Lipinski definition) is 1. The zero-order chi connectivity index (χ0) is 11.7. The van der Waals surface area contributed by atoms with Gasteiger partial charge in [-0.3, -0.25) is 4.90 Å². The van der Waals surface area contributed by atoms with Gasteiger partial charge in [0.25, 0.3) is 0 Å². The minimum atomic E-state index is -0.456. The number of hydrogen-bond acceptors (Lipinski definition) is 3. The van der Waals surface area contributed by atoms with Crippen molar-refractivity contribution >= 4 is 0 Å². The average molecular weight is 233 g/mol. The van der Waals surface area contributed by atoms with Crippen LogP contribution in [0.2, 0.25) is 0 Å². The van der Waals surface area contributed by atoms with Crippen LogP contribution < -0.4 is 4.74 Å². The molecule has 2 atom stereocenters. The smallest absolute Gasteiger partial charge is 0.145 e. The molecule has 0 amide bonds. The highest BCUT2D eigenvalue weighted by Crippen LogP contribution is 2.30. The third-order valence-corrected chi connectivity index (χ3v) is 3.77. The third kappa shape index (κ3) is 2.17. The first-order valence-electron chi connectivity index (χ1n) is 6.51. The van der Waals surface area contributed by atoms with Gasteiger partial charge < -0.3 is 9.84 Å². The molecule has 2 aliphatic rings. The molecule has 2 heterocycles. The van der Waals surface area contributed by atoms with E-state index in [1.165, 1.54) is 24.8 Å². The highest BCUT2D eigenvalue weighted by atomic mass is 16.5. The second kappa shape index (κ2) is 4.67. The van der Waals surface area contributed by atoms with Crippen molar-refractivity contribution in [3.05, 3.63) is 29.8 Å². The zero-order valence-electron chi connectivity index (χ0n) is 10.0. The lowest BCUT2D eigenvalue weighted by Gasteiger charge is -2.33. The maximum absolute atomic E-state index is 10.3. The van der Waals surface area contributed by atoms with Gasteiger partial charge in [-0.1, -0.05) is 24.6 Å². The van der Waals surface area contributed by atoms with Crippen LogP contribution in [0.1, 0.15) is 24.8 Å². The summed E-state index contributed by atoms with van der Waals surface area (Å²) in [7, 11) is 0. The Balaban J connectivity index is 1.67. The monoisotopic (exact) mass is 233 g/mol. The summed E-state index contributed by atoms with van der Waals surface area (Å²) >= 11 is 0. The van der Waals surface area contributed by atoms with Crippen molar-refractivity contribution < 1.29 is 9.84 Å². The van der Waals surface area contributed by atoms with Crippen LogP contribution in [0, 0.1) is 0 Å². The minimum Gasteiger partial charge on any atom is -0.486 e. The molecule has 17 heavy (non-hydrogen) atoms. The molecule has 1 aromatic rings. The second-order valence-electron chi connectivity index (χ2n) is 4.98. The average Bonchev–Trinajstić information content (AvgIpc) is 2.82. The maximum atomic E-state index is 10.3. The molecule has 92 valence electrons. The van der Waals surface area contributed by atoms with Gasteiger partial charge in [-0.15, -0.1) is 0 Å². The van der Waals surface area contributed by atoms with Crippen molar-refractivity contribution in [1.82, 2.24) is 4.90 Å². The Labute approximate surface area is 102 Å². The van der Waals surface area contributed by atoms with Gasteiger partial charge in [-0.2, -0.15) is 0 Å². The first-order chi connectivity index (χ1) is 8.34. The van der Waals surface area contributed by atoms with Crippen LogP contribution in [0.25, 0.3) is 0 Å². The molecule has 1 N–H and O–H groups in total. The van der Waals surface area contributed by atoms with Gasteiger partial charge >= 0.3 is 0 Å². The van der Waals surface area contributed by atoms with Gasteiger partial charge in [0.1, 0.15) is 18.1 Å². The predicted octanol–water partition coefficient (Wildman–Crippen LogP) is 1.79. The molecule has 2 unspecified atom stereocenters. The molecule has 3 nitrogen and oxygen atoms in total. The number of benzene rings is 1. The van der Waals surface area contributed by atoms with Gasteiger partial charge in [-0.05, 0) is 24.5 Å². The van der Waals surface area contributed by atoms with Crippen molar-refractivity contribution in [1.29, 1.82) is 0 Å². The summed E-state index contributed by atoms with van der Waals surface area (Å²) in [6.07, 6.45) is 3.95. The number of aliphatic hydroxyl groups excluding tert-OH is 1. The van der Waals surface area contributed by atoms with Crippen molar-refractivity contribution in [3.63, 3.8) is 0 Å². The number of rotatable bonds is 2. The number of nitrogens with zero attached hydrogens (tertiary/aromatic N) is 1. The van der Waals surface area contributed by atoms with Crippen LogP contribution in [-0.2, 0) is 6.42 Å². The van der Waals surface area contributed by atoms with Gasteiger partial charge in [0.05, 0.1) is 0 Å². The Morgan fingerprint density at radius 2 is 1.94 bits per heavy atom. The summed E-state index contributed by atoms with van der Waals surface area (Å²) in [6, 6.07) is 8.07. The van der Waals surface area contributed by atoms with Crippen molar-refractivity contribution in [2.75, 3.05) is 13.1 Å². The lowest BCUT2D eigenvalue weighted by Crippen LogP contribution is -2.47. The van der Waals surface area contributed by atoms with Crippen molar-refractivity contribution in [2.45, 2.75) is 38.0 Å². The van der Waals surface area contributed by atoms with Crippen LogP contribution in [0.15, 0.2) is 24.3 Å². The largest absolute Gasteiger partial charge is 0.486 e. The Hall–Kier alpha value is -1.06. The Kier molecular flexibility index (Phi) is 3.04. The quantitative estimate of drug-likeness (QED) is 0.845. The first kappa shape index (κ1) is 11.1. The van der Waals surface area contributed by atoms with Gasteiger partial charge in [0, 0.05) is 19.5 Å².